The molecular weight excluding hydrogens is 404 g/mol. The molecule has 138 valence electrons. The number of hydrogen-bond acceptors (Lipinski definition) is 6. The predicted octanol–water partition coefficient (Wildman–Crippen LogP) is 3.90. The molecule has 27 heavy (non-hydrogen) atoms. The quantitative estimate of drug-likeness (QED) is 0.464. The Bertz CT molecular complexity index is 959. The lowest BCUT2D eigenvalue weighted by atomic mass is 10.3. The molecular formula is C18H15ClN4O2S2. The number of carbonyl (C=O) groups is 2. The van der Waals surface area contributed by atoms with Crippen LogP contribution in [0.5, 0.6) is 0 Å². The summed E-state index contributed by atoms with van der Waals surface area (Å²) in [5.41, 5.74) is 1.81. The number of pyridine rings is 1. The van der Waals surface area contributed by atoms with Crippen LogP contribution in [0.1, 0.15) is 5.56 Å². The minimum atomic E-state index is -0.264. The Morgan fingerprint density at radius 1 is 1.22 bits per heavy atom. The van der Waals surface area contributed by atoms with E-state index in [-0.39, 0.29) is 17.7 Å². The third kappa shape index (κ3) is 4.07. The van der Waals surface area contributed by atoms with Crippen LogP contribution in [0, 0.1) is 0 Å². The molecule has 1 aliphatic heterocycles. The Hall–Kier alpha value is -2.16. The van der Waals surface area contributed by atoms with Gasteiger partial charge in [0.2, 0.25) is 5.91 Å². The van der Waals surface area contributed by atoms with E-state index < -0.39 is 0 Å². The molecule has 0 unspecified atom stereocenters. The molecule has 1 fully saturated rings. The van der Waals surface area contributed by atoms with Crippen LogP contribution < -0.4 is 0 Å². The fraction of sp³-hybridized carbons (Fsp3) is 0.222. The molecule has 2 aromatic heterocycles. The smallest absolute Gasteiger partial charge is 0.318 e. The maximum absolute atomic E-state index is 12.5. The molecule has 1 saturated heterocycles. The van der Waals surface area contributed by atoms with Gasteiger partial charge in [0.15, 0.2) is 4.34 Å². The maximum atomic E-state index is 12.5. The lowest BCUT2D eigenvalue weighted by Crippen LogP contribution is -2.37. The van der Waals surface area contributed by atoms with Gasteiger partial charge in [-0.05, 0) is 23.8 Å². The molecule has 0 atom stereocenters. The second kappa shape index (κ2) is 7.84. The number of imide groups is 1. The third-order valence-electron chi connectivity index (χ3n) is 4.15. The lowest BCUT2D eigenvalue weighted by Gasteiger charge is -2.17. The SMILES string of the molecule is O=C(CSc1nc2ccccc2s1)N1CCN(Cc2ccc(Cl)nc2)C1=O. The van der Waals surface area contributed by atoms with Gasteiger partial charge in [-0.3, -0.25) is 9.69 Å². The first kappa shape index (κ1) is 18.2. The van der Waals surface area contributed by atoms with Crippen molar-refractivity contribution in [1.82, 2.24) is 19.8 Å². The van der Waals surface area contributed by atoms with Gasteiger partial charge in [-0.1, -0.05) is 41.6 Å². The summed E-state index contributed by atoms with van der Waals surface area (Å²) in [6.07, 6.45) is 1.64. The predicted molar refractivity (Wildman–Crippen MR) is 107 cm³/mol. The van der Waals surface area contributed by atoms with Gasteiger partial charge in [-0.2, -0.15) is 0 Å². The number of para-hydroxylation sites is 1. The summed E-state index contributed by atoms with van der Waals surface area (Å²) in [5.74, 6) is 0.00280. The van der Waals surface area contributed by atoms with Crippen molar-refractivity contribution in [3.05, 3.63) is 53.3 Å². The highest BCUT2D eigenvalue weighted by Crippen LogP contribution is 2.29. The molecule has 0 radical (unpaired) electrons. The molecule has 1 aromatic carbocycles. The van der Waals surface area contributed by atoms with Crippen LogP contribution in [0.4, 0.5) is 4.79 Å². The van der Waals surface area contributed by atoms with Crippen LogP contribution in [0.2, 0.25) is 5.15 Å². The zero-order valence-electron chi connectivity index (χ0n) is 14.2. The highest BCUT2D eigenvalue weighted by Gasteiger charge is 2.32. The largest absolute Gasteiger partial charge is 0.327 e. The van der Waals surface area contributed by atoms with E-state index >= 15 is 0 Å². The zero-order chi connectivity index (χ0) is 18.8. The Kier molecular flexibility index (Phi) is 5.29. The molecule has 4 rings (SSSR count). The van der Waals surface area contributed by atoms with E-state index in [1.807, 2.05) is 30.3 Å². The van der Waals surface area contributed by atoms with Gasteiger partial charge in [0.05, 0.1) is 16.0 Å². The van der Waals surface area contributed by atoms with Crippen LogP contribution in [-0.4, -0.2) is 50.5 Å². The van der Waals surface area contributed by atoms with Gasteiger partial charge in [-0.15, -0.1) is 11.3 Å². The van der Waals surface area contributed by atoms with Crippen molar-refractivity contribution in [2.45, 2.75) is 10.9 Å². The average molecular weight is 419 g/mol. The van der Waals surface area contributed by atoms with E-state index in [2.05, 4.69) is 9.97 Å². The molecule has 0 bridgehead atoms. The van der Waals surface area contributed by atoms with Crippen LogP contribution in [0.25, 0.3) is 10.2 Å². The number of nitrogens with zero attached hydrogens (tertiary/aromatic N) is 4. The first-order valence-corrected chi connectivity index (χ1v) is 10.5. The number of hydrogen-bond donors (Lipinski definition) is 0. The van der Waals surface area contributed by atoms with Crippen molar-refractivity contribution >= 4 is 56.9 Å². The summed E-state index contributed by atoms with van der Waals surface area (Å²) in [6, 6.07) is 11.1. The number of aromatic nitrogens is 2. The first-order valence-electron chi connectivity index (χ1n) is 8.28. The molecule has 6 nitrogen and oxygen atoms in total. The van der Waals surface area contributed by atoms with Gasteiger partial charge in [0.25, 0.3) is 0 Å². The van der Waals surface area contributed by atoms with Gasteiger partial charge >= 0.3 is 6.03 Å². The topological polar surface area (TPSA) is 66.4 Å². The highest BCUT2D eigenvalue weighted by atomic mass is 35.5. The van der Waals surface area contributed by atoms with Crippen molar-refractivity contribution in [3.63, 3.8) is 0 Å². The van der Waals surface area contributed by atoms with Crippen LogP contribution in [-0.2, 0) is 11.3 Å². The minimum Gasteiger partial charge on any atom is -0.318 e. The molecule has 1 aliphatic rings. The number of urea groups is 1. The number of amides is 3. The number of rotatable bonds is 5. The van der Waals surface area contributed by atoms with E-state index in [1.54, 1.807) is 28.5 Å². The van der Waals surface area contributed by atoms with Crippen molar-refractivity contribution in [2.75, 3.05) is 18.8 Å². The summed E-state index contributed by atoms with van der Waals surface area (Å²) < 4.78 is 1.92. The standard InChI is InChI=1S/C18H15ClN4O2S2/c19-15-6-5-12(9-20-15)10-22-7-8-23(18(22)25)16(24)11-26-17-21-13-3-1-2-4-14(13)27-17/h1-6,9H,7-8,10-11H2. The molecule has 3 aromatic rings. The number of halogens is 1. The number of carbonyl (C=O) groups excluding carboxylic acids is 2. The van der Waals surface area contributed by atoms with Crippen LogP contribution in [0.15, 0.2) is 46.9 Å². The van der Waals surface area contributed by atoms with Crippen LogP contribution >= 0.6 is 34.7 Å². The van der Waals surface area contributed by atoms with Gasteiger partial charge in [0.1, 0.15) is 5.15 Å². The second-order valence-corrected chi connectivity index (χ2v) is 8.62. The average Bonchev–Trinajstić information content (AvgIpc) is 3.25. The highest BCUT2D eigenvalue weighted by molar-refractivity contribution is 8.01. The van der Waals surface area contributed by atoms with Crippen molar-refractivity contribution in [2.24, 2.45) is 0 Å². The fourth-order valence-corrected chi connectivity index (χ4v) is 4.85. The van der Waals surface area contributed by atoms with E-state index in [0.717, 1.165) is 20.1 Å². The van der Waals surface area contributed by atoms with E-state index in [1.165, 1.54) is 16.7 Å². The number of thioether (sulfide) groups is 1. The lowest BCUT2D eigenvalue weighted by molar-refractivity contribution is -0.124. The molecule has 9 heteroatoms. The number of thiazole rings is 1. The summed E-state index contributed by atoms with van der Waals surface area (Å²) >= 11 is 8.71. The Balaban J connectivity index is 1.34. The number of fused-ring (bicyclic) bond motifs is 1. The monoisotopic (exact) mass is 418 g/mol. The molecule has 3 heterocycles. The maximum Gasteiger partial charge on any atom is 0.327 e. The summed E-state index contributed by atoms with van der Waals surface area (Å²) in [4.78, 5) is 36.5. The Morgan fingerprint density at radius 3 is 2.85 bits per heavy atom. The van der Waals surface area contributed by atoms with Gasteiger partial charge < -0.3 is 4.90 Å². The summed E-state index contributed by atoms with van der Waals surface area (Å²) in [7, 11) is 0. The number of benzene rings is 1. The normalized spacial score (nSPS) is 14.3. The second-order valence-electron chi connectivity index (χ2n) is 5.97. The zero-order valence-corrected chi connectivity index (χ0v) is 16.6. The van der Waals surface area contributed by atoms with Crippen molar-refractivity contribution < 1.29 is 9.59 Å². The minimum absolute atomic E-state index is 0.194. The molecule has 0 aliphatic carbocycles. The third-order valence-corrected chi connectivity index (χ3v) is 6.54. The van der Waals surface area contributed by atoms with Crippen molar-refractivity contribution in [1.29, 1.82) is 0 Å². The molecule has 0 N–H and O–H groups in total. The van der Waals surface area contributed by atoms with Gasteiger partial charge in [0, 0.05) is 25.8 Å². The van der Waals surface area contributed by atoms with Gasteiger partial charge in [-0.25, -0.2) is 14.8 Å². The Morgan fingerprint density at radius 2 is 2.07 bits per heavy atom. The summed E-state index contributed by atoms with van der Waals surface area (Å²) in [6.45, 7) is 1.33. The first-order chi connectivity index (χ1) is 13.1. The molecule has 0 saturated carbocycles. The molecule has 3 amide bonds. The van der Waals surface area contributed by atoms with Crippen molar-refractivity contribution in [3.8, 4) is 0 Å². The fourth-order valence-electron chi connectivity index (χ4n) is 2.80. The van der Waals surface area contributed by atoms with E-state index in [9.17, 15) is 9.59 Å². The molecule has 0 spiro atoms. The summed E-state index contributed by atoms with van der Waals surface area (Å²) in [5, 5.41) is 0.412. The van der Waals surface area contributed by atoms with E-state index in [0.29, 0.717) is 24.8 Å². The Labute approximate surface area is 169 Å². The van der Waals surface area contributed by atoms with E-state index in [4.69, 9.17) is 11.6 Å². The van der Waals surface area contributed by atoms with Crippen LogP contribution in [0.3, 0.4) is 0 Å².